The molecule has 3 N–H and O–H groups in total. The number of nitrogens with zero attached hydrogens (tertiary/aromatic N) is 4. The van der Waals surface area contributed by atoms with Crippen molar-refractivity contribution in [1.29, 1.82) is 0 Å². The number of hydrogen-bond donors (Lipinski definition) is 3. The number of pyridine rings is 1. The number of aromatic nitrogens is 3. The van der Waals surface area contributed by atoms with Crippen molar-refractivity contribution >= 4 is 23.2 Å². The smallest absolute Gasteiger partial charge is 0.324 e. The van der Waals surface area contributed by atoms with Crippen LogP contribution >= 0.6 is 0 Å². The number of likely N-dealkylation sites (N-methyl/N-ethyl adjacent to an activating group) is 1. The van der Waals surface area contributed by atoms with Crippen LogP contribution in [0.4, 0.5) is 26.1 Å². The van der Waals surface area contributed by atoms with Gasteiger partial charge in [0.2, 0.25) is 5.95 Å². The van der Waals surface area contributed by atoms with Crippen molar-refractivity contribution in [3.8, 4) is 11.3 Å². The third-order valence-electron chi connectivity index (χ3n) is 5.77. The van der Waals surface area contributed by atoms with Crippen molar-refractivity contribution in [2.45, 2.75) is 13.0 Å². The Bertz CT molecular complexity index is 1380. The van der Waals surface area contributed by atoms with Crippen molar-refractivity contribution in [1.82, 2.24) is 25.2 Å². The number of aryl methyl sites for hydroxylation is 1. The molecule has 0 saturated carbocycles. The molecule has 4 rings (SSSR count). The van der Waals surface area contributed by atoms with Crippen LogP contribution in [0.2, 0.25) is 0 Å². The van der Waals surface area contributed by atoms with Gasteiger partial charge in [-0.3, -0.25) is 15.1 Å². The molecule has 4 aromatic rings. The van der Waals surface area contributed by atoms with Crippen molar-refractivity contribution in [3.05, 3.63) is 95.9 Å². The standard InChI is InChI=1S/C28H29F2N7O/c1-19-6-11-23(17-25(19)36-27-32-14-12-24(35-27)21-5-4-13-31-18-21)34-26(38)20-7-9-22(10-8-20)28(29,30)33-15-16-37(2)3/h4-14,17-18,33H,15-16H2,1-3H3,(H,34,38)(H,32,35,36). The number of benzene rings is 2. The molecule has 2 aromatic heterocycles. The summed E-state index contributed by atoms with van der Waals surface area (Å²) in [6.45, 7) is 2.53. The molecule has 0 aliphatic heterocycles. The van der Waals surface area contributed by atoms with Gasteiger partial charge in [0.15, 0.2) is 0 Å². The van der Waals surface area contributed by atoms with Crippen LogP contribution in [-0.2, 0) is 6.05 Å². The van der Waals surface area contributed by atoms with E-state index in [0.717, 1.165) is 16.8 Å². The third kappa shape index (κ3) is 6.93. The average Bonchev–Trinajstić information content (AvgIpc) is 2.91. The van der Waals surface area contributed by atoms with Crippen molar-refractivity contribution in [2.24, 2.45) is 0 Å². The van der Waals surface area contributed by atoms with E-state index in [4.69, 9.17) is 0 Å². The first-order valence-corrected chi connectivity index (χ1v) is 12.0. The SMILES string of the molecule is Cc1ccc(NC(=O)c2ccc(C(F)(F)NCCN(C)C)cc2)cc1Nc1nccc(-c2cccnc2)n1. The number of carbonyl (C=O) groups excluding carboxylic acids is 1. The van der Waals surface area contributed by atoms with Crippen LogP contribution in [0.3, 0.4) is 0 Å². The lowest BCUT2D eigenvalue weighted by molar-refractivity contribution is -0.0417. The van der Waals surface area contributed by atoms with Gasteiger partial charge in [0.05, 0.1) is 5.69 Å². The summed E-state index contributed by atoms with van der Waals surface area (Å²) in [5.41, 5.74) is 3.81. The molecule has 8 nitrogen and oxygen atoms in total. The van der Waals surface area contributed by atoms with Crippen LogP contribution in [0.15, 0.2) is 79.3 Å². The van der Waals surface area contributed by atoms with E-state index in [1.54, 1.807) is 36.8 Å². The topological polar surface area (TPSA) is 95.1 Å². The minimum atomic E-state index is -3.20. The normalized spacial score (nSPS) is 11.4. The molecule has 2 heterocycles. The van der Waals surface area contributed by atoms with E-state index < -0.39 is 12.0 Å². The van der Waals surface area contributed by atoms with E-state index in [0.29, 0.717) is 23.9 Å². The predicted octanol–water partition coefficient (Wildman–Crippen LogP) is 5.04. The fourth-order valence-corrected chi connectivity index (χ4v) is 3.62. The van der Waals surface area contributed by atoms with Gasteiger partial charge in [-0.2, -0.15) is 8.78 Å². The van der Waals surface area contributed by atoms with Crippen LogP contribution in [0.1, 0.15) is 21.5 Å². The number of amides is 1. The highest BCUT2D eigenvalue weighted by Crippen LogP contribution is 2.26. The lowest BCUT2D eigenvalue weighted by Crippen LogP contribution is -2.38. The Labute approximate surface area is 220 Å². The summed E-state index contributed by atoms with van der Waals surface area (Å²) in [5.74, 6) is -0.0151. The van der Waals surface area contributed by atoms with E-state index in [9.17, 15) is 13.6 Å². The first-order chi connectivity index (χ1) is 18.2. The third-order valence-corrected chi connectivity index (χ3v) is 5.77. The number of halogens is 2. The second-order valence-corrected chi connectivity index (χ2v) is 9.00. The van der Waals surface area contributed by atoms with Crippen molar-refractivity contribution in [3.63, 3.8) is 0 Å². The molecule has 0 aliphatic rings. The summed E-state index contributed by atoms with van der Waals surface area (Å²) in [5, 5.41) is 8.26. The molecule has 0 bridgehead atoms. The predicted molar refractivity (Wildman–Crippen MR) is 145 cm³/mol. The molecule has 196 valence electrons. The molecular formula is C28H29F2N7O. The fourth-order valence-electron chi connectivity index (χ4n) is 3.62. The monoisotopic (exact) mass is 517 g/mol. The molecule has 0 radical (unpaired) electrons. The number of anilines is 3. The molecule has 0 saturated heterocycles. The Balaban J connectivity index is 1.43. The highest BCUT2D eigenvalue weighted by atomic mass is 19.3. The summed E-state index contributed by atoms with van der Waals surface area (Å²) in [6, 6.07) is 13.0. The minimum Gasteiger partial charge on any atom is -0.324 e. The maximum Gasteiger partial charge on any atom is 0.329 e. The lowest BCUT2D eigenvalue weighted by Gasteiger charge is -2.20. The van der Waals surface area contributed by atoms with E-state index >= 15 is 0 Å². The summed E-state index contributed by atoms with van der Waals surface area (Å²) in [7, 11) is 3.63. The molecule has 1 amide bonds. The highest BCUT2D eigenvalue weighted by molar-refractivity contribution is 6.04. The molecule has 0 spiro atoms. The molecular weight excluding hydrogens is 488 g/mol. The van der Waals surface area contributed by atoms with Gasteiger partial charge >= 0.3 is 6.05 Å². The van der Waals surface area contributed by atoms with Crippen LogP contribution in [0.5, 0.6) is 0 Å². The van der Waals surface area contributed by atoms with Crippen LogP contribution in [0.25, 0.3) is 11.3 Å². The van der Waals surface area contributed by atoms with Crippen molar-refractivity contribution < 1.29 is 13.6 Å². The summed E-state index contributed by atoms with van der Waals surface area (Å²) < 4.78 is 28.8. The largest absolute Gasteiger partial charge is 0.329 e. The number of hydrogen-bond acceptors (Lipinski definition) is 7. The van der Waals surface area contributed by atoms with E-state index in [1.165, 1.54) is 24.3 Å². The second kappa shape index (κ2) is 11.8. The van der Waals surface area contributed by atoms with Gasteiger partial charge < -0.3 is 15.5 Å². The zero-order valence-electron chi connectivity index (χ0n) is 21.4. The summed E-state index contributed by atoms with van der Waals surface area (Å²) in [6.07, 6.45) is 5.08. The molecule has 0 unspecified atom stereocenters. The van der Waals surface area contributed by atoms with Gasteiger partial charge in [-0.05, 0) is 69.0 Å². The van der Waals surface area contributed by atoms with Crippen LogP contribution in [-0.4, -0.2) is 52.9 Å². The molecule has 38 heavy (non-hydrogen) atoms. The summed E-state index contributed by atoms with van der Waals surface area (Å²) in [4.78, 5) is 27.6. The molecule has 0 aliphatic carbocycles. The Hall–Kier alpha value is -4.28. The molecule has 2 aromatic carbocycles. The van der Waals surface area contributed by atoms with Gasteiger partial charge in [-0.1, -0.05) is 18.2 Å². The molecule has 0 fully saturated rings. The maximum absolute atomic E-state index is 14.4. The fraction of sp³-hybridized carbons (Fsp3) is 0.214. The number of nitrogens with one attached hydrogen (secondary N) is 3. The zero-order chi connectivity index (χ0) is 27.1. The first kappa shape index (κ1) is 26.8. The molecule has 10 heteroatoms. The lowest BCUT2D eigenvalue weighted by atomic mass is 10.1. The van der Waals surface area contributed by atoms with E-state index in [-0.39, 0.29) is 17.7 Å². The van der Waals surface area contributed by atoms with Gasteiger partial charge in [0, 0.05) is 59.7 Å². The number of rotatable bonds is 10. The minimum absolute atomic E-state index is 0.130. The number of carbonyl (C=O) groups is 1. The molecule has 0 atom stereocenters. The maximum atomic E-state index is 14.4. The van der Waals surface area contributed by atoms with Gasteiger partial charge in [-0.15, -0.1) is 0 Å². The Morgan fingerprint density at radius 2 is 1.82 bits per heavy atom. The van der Waals surface area contributed by atoms with Gasteiger partial charge in [-0.25, -0.2) is 9.97 Å². The Morgan fingerprint density at radius 1 is 1.03 bits per heavy atom. The average molecular weight is 518 g/mol. The Morgan fingerprint density at radius 3 is 2.53 bits per heavy atom. The zero-order valence-corrected chi connectivity index (χ0v) is 21.4. The van der Waals surface area contributed by atoms with Crippen LogP contribution in [0, 0.1) is 6.92 Å². The van der Waals surface area contributed by atoms with Crippen LogP contribution < -0.4 is 16.0 Å². The first-order valence-electron chi connectivity index (χ1n) is 12.0. The van der Waals surface area contributed by atoms with Gasteiger partial charge in [0.25, 0.3) is 5.91 Å². The second-order valence-electron chi connectivity index (χ2n) is 9.00. The van der Waals surface area contributed by atoms with E-state index in [2.05, 4.69) is 30.9 Å². The van der Waals surface area contributed by atoms with Gasteiger partial charge in [0.1, 0.15) is 0 Å². The Kier molecular flexibility index (Phi) is 8.35. The quantitative estimate of drug-likeness (QED) is 0.254. The highest BCUT2D eigenvalue weighted by Gasteiger charge is 2.30. The van der Waals surface area contributed by atoms with E-state index in [1.807, 2.05) is 44.1 Å². The summed E-state index contributed by atoms with van der Waals surface area (Å²) >= 11 is 0. The number of alkyl halides is 2. The van der Waals surface area contributed by atoms with Crippen molar-refractivity contribution in [2.75, 3.05) is 37.8 Å².